The molecule has 2 unspecified atom stereocenters. The Morgan fingerprint density at radius 3 is 2.73 bits per heavy atom. The van der Waals surface area contributed by atoms with Crippen molar-refractivity contribution in [2.75, 3.05) is 6.61 Å². The van der Waals surface area contributed by atoms with Gasteiger partial charge in [-0.25, -0.2) is 0 Å². The van der Waals surface area contributed by atoms with Crippen molar-refractivity contribution in [3.05, 3.63) is 12.3 Å². The third-order valence-corrected chi connectivity index (χ3v) is 2.36. The minimum atomic E-state index is -0.0352. The van der Waals surface area contributed by atoms with Crippen LogP contribution in [-0.2, 0) is 9.47 Å². The van der Waals surface area contributed by atoms with E-state index in [2.05, 4.69) is 13.8 Å². The van der Waals surface area contributed by atoms with Gasteiger partial charge >= 0.3 is 0 Å². The fourth-order valence-corrected chi connectivity index (χ4v) is 1.24. The van der Waals surface area contributed by atoms with Crippen LogP contribution in [0.5, 0.6) is 0 Å². The molecule has 0 aliphatic carbocycles. The summed E-state index contributed by atoms with van der Waals surface area (Å²) in [7, 11) is 0. The van der Waals surface area contributed by atoms with Gasteiger partial charge in [0.2, 0.25) is 0 Å². The molecule has 0 bridgehead atoms. The van der Waals surface area contributed by atoms with E-state index in [1.165, 1.54) is 0 Å². The van der Waals surface area contributed by atoms with Gasteiger partial charge in [-0.1, -0.05) is 13.0 Å². The Hall–Kier alpha value is -0.500. The van der Waals surface area contributed by atoms with Gasteiger partial charge in [-0.05, 0) is 20.3 Å². The van der Waals surface area contributed by atoms with Crippen LogP contribution in [0.3, 0.4) is 0 Å². The van der Waals surface area contributed by atoms with E-state index in [1.807, 2.05) is 13.0 Å². The maximum Gasteiger partial charge on any atom is 0.157 e. The molecule has 0 aromatic heterocycles. The Balaban J connectivity index is 2.47. The van der Waals surface area contributed by atoms with E-state index < -0.39 is 0 Å². The van der Waals surface area contributed by atoms with Crippen molar-refractivity contribution in [3.63, 3.8) is 0 Å². The molecule has 11 heavy (non-hydrogen) atoms. The fourth-order valence-electron chi connectivity index (χ4n) is 1.24. The van der Waals surface area contributed by atoms with Crippen molar-refractivity contribution in [2.45, 2.75) is 38.9 Å². The summed E-state index contributed by atoms with van der Waals surface area (Å²) in [6, 6.07) is 0. The van der Waals surface area contributed by atoms with Gasteiger partial charge in [-0.2, -0.15) is 0 Å². The Morgan fingerprint density at radius 2 is 2.45 bits per heavy atom. The first-order valence-electron chi connectivity index (χ1n) is 4.16. The molecular weight excluding hydrogens is 140 g/mol. The third-order valence-electron chi connectivity index (χ3n) is 2.36. The van der Waals surface area contributed by atoms with Crippen LogP contribution in [-0.4, -0.2) is 18.3 Å². The fraction of sp³-hybridized carbons (Fsp3) is 0.778. The van der Waals surface area contributed by atoms with Crippen molar-refractivity contribution in [3.8, 4) is 0 Å². The van der Waals surface area contributed by atoms with Crippen molar-refractivity contribution in [1.82, 2.24) is 0 Å². The van der Waals surface area contributed by atoms with Crippen LogP contribution in [0, 0.1) is 0 Å². The van der Waals surface area contributed by atoms with E-state index in [4.69, 9.17) is 9.47 Å². The van der Waals surface area contributed by atoms with Gasteiger partial charge in [-0.3, -0.25) is 0 Å². The van der Waals surface area contributed by atoms with Gasteiger partial charge in [0.15, 0.2) is 5.60 Å². The normalized spacial score (nSPS) is 37.2. The van der Waals surface area contributed by atoms with Crippen molar-refractivity contribution in [2.24, 2.45) is 0 Å². The summed E-state index contributed by atoms with van der Waals surface area (Å²) < 4.78 is 10.8. The van der Waals surface area contributed by atoms with Crippen LogP contribution in [0.25, 0.3) is 0 Å². The second-order valence-corrected chi connectivity index (χ2v) is 2.96. The van der Waals surface area contributed by atoms with Crippen LogP contribution >= 0.6 is 0 Å². The largest absolute Gasteiger partial charge is 0.490 e. The van der Waals surface area contributed by atoms with E-state index in [1.54, 1.807) is 6.26 Å². The highest BCUT2D eigenvalue weighted by Crippen LogP contribution is 2.32. The summed E-state index contributed by atoms with van der Waals surface area (Å²) >= 11 is 0. The summed E-state index contributed by atoms with van der Waals surface area (Å²) in [6.45, 7) is 6.86. The van der Waals surface area contributed by atoms with Gasteiger partial charge in [0.25, 0.3) is 0 Å². The van der Waals surface area contributed by atoms with Crippen molar-refractivity contribution < 1.29 is 9.47 Å². The average molecular weight is 156 g/mol. The number of hydrogen-bond acceptors (Lipinski definition) is 2. The standard InChI is InChI=1S/C9H16O2/c1-4-6-11-9(5-2)7-10-8(9)3/h4,6,8H,5,7H2,1-3H3. The predicted molar refractivity (Wildman–Crippen MR) is 44.3 cm³/mol. The van der Waals surface area contributed by atoms with Gasteiger partial charge in [-0.15, -0.1) is 0 Å². The smallest absolute Gasteiger partial charge is 0.157 e. The molecule has 0 amide bonds. The molecule has 1 saturated heterocycles. The first-order valence-corrected chi connectivity index (χ1v) is 4.16. The highest BCUT2D eigenvalue weighted by molar-refractivity contribution is 4.95. The first kappa shape index (κ1) is 8.60. The molecule has 2 heteroatoms. The van der Waals surface area contributed by atoms with Gasteiger partial charge in [0.05, 0.1) is 19.0 Å². The molecule has 1 rings (SSSR count). The molecule has 0 N–H and O–H groups in total. The average Bonchev–Trinajstić information content (AvgIpc) is 2.04. The van der Waals surface area contributed by atoms with Crippen LogP contribution in [0.2, 0.25) is 0 Å². The zero-order chi connectivity index (χ0) is 8.32. The van der Waals surface area contributed by atoms with Gasteiger partial charge < -0.3 is 9.47 Å². The van der Waals surface area contributed by atoms with Gasteiger partial charge in [0.1, 0.15) is 0 Å². The molecule has 2 nitrogen and oxygen atoms in total. The van der Waals surface area contributed by atoms with Gasteiger partial charge in [0, 0.05) is 0 Å². The SMILES string of the molecule is CC=COC1(CC)COC1C. The van der Waals surface area contributed by atoms with E-state index >= 15 is 0 Å². The lowest BCUT2D eigenvalue weighted by atomic mass is 9.90. The van der Waals surface area contributed by atoms with Crippen molar-refractivity contribution >= 4 is 0 Å². The summed E-state index contributed by atoms with van der Waals surface area (Å²) in [6.07, 6.45) is 4.91. The minimum Gasteiger partial charge on any atom is -0.490 e. The Bertz CT molecular complexity index is 150. The van der Waals surface area contributed by atoms with Crippen LogP contribution in [0.4, 0.5) is 0 Å². The number of rotatable bonds is 3. The molecule has 0 aromatic carbocycles. The zero-order valence-corrected chi connectivity index (χ0v) is 7.46. The highest BCUT2D eigenvalue weighted by Gasteiger charge is 2.45. The lowest BCUT2D eigenvalue weighted by Crippen LogP contribution is -2.57. The third kappa shape index (κ3) is 1.41. The van der Waals surface area contributed by atoms with E-state index in [-0.39, 0.29) is 11.7 Å². The Labute approximate surface area is 68.2 Å². The predicted octanol–water partition coefficient (Wildman–Crippen LogP) is 2.10. The summed E-state index contributed by atoms with van der Waals surface area (Å²) in [5.74, 6) is 0. The Morgan fingerprint density at radius 1 is 1.73 bits per heavy atom. The number of hydrogen-bond donors (Lipinski definition) is 0. The summed E-state index contributed by atoms with van der Waals surface area (Å²) in [5, 5.41) is 0. The molecule has 0 radical (unpaired) electrons. The molecule has 1 fully saturated rings. The molecule has 2 atom stereocenters. The molecule has 64 valence electrons. The van der Waals surface area contributed by atoms with Crippen LogP contribution in [0.1, 0.15) is 27.2 Å². The molecule has 0 spiro atoms. The quantitative estimate of drug-likeness (QED) is 0.582. The second-order valence-electron chi connectivity index (χ2n) is 2.96. The molecule has 0 saturated carbocycles. The molecule has 1 aliphatic rings. The summed E-state index contributed by atoms with van der Waals surface area (Å²) in [4.78, 5) is 0. The van der Waals surface area contributed by atoms with E-state index in [0.717, 1.165) is 13.0 Å². The molecule has 1 aliphatic heterocycles. The second kappa shape index (κ2) is 3.26. The highest BCUT2D eigenvalue weighted by atomic mass is 16.6. The van der Waals surface area contributed by atoms with E-state index in [0.29, 0.717) is 0 Å². The van der Waals surface area contributed by atoms with Crippen LogP contribution in [0.15, 0.2) is 12.3 Å². The van der Waals surface area contributed by atoms with E-state index in [9.17, 15) is 0 Å². The zero-order valence-electron chi connectivity index (χ0n) is 7.46. The van der Waals surface area contributed by atoms with Crippen LogP contribution < -0.4 is 0 Å². The molecular formula is C9H16O2. The van der Waals surface area contributed by atoms with Crippen molar-refractivity contribution in [1.29, 1.82) is 0 Å². The maximum absolute atomic E-state index is 5.57. The topological polar surface area (TPSA) is 18.5 Å². The first-order chi connectivity index (χ1) is 5.25. The minimum absolute atomic E-state index is 0.0352. The number of ether oxygens (including phenoxy) is 2. The lowest BCUT2D eigenvalue weighted by molar-refractivity contribution is -0.233. The summed E-state index contributed by atoms with van der Waals surface area (Å²) in [5.41, 5.74) is -0.0352. The molecule has 0 aromatic rings. The molecule has 1 heterocycles. The number of allylic oxidation sites excluding steroid dienone is 1. The lowest BCUT2D eigenvalue weighted by Gasteiger charge is -2.45. The Kier molecular flexibility index (Phi) is 2.55. The maximum atomic E-state index is 5.57. The monoisotopic (exact) mass is 156 g/mol.